The molecule has 1 heterocycles. The van der Waals surface area contributed by atoms with Gasteiger partial charge < -0.3 is 5.32 Å². The Hall–Kier alpha value is -1.08. The fourth-order valence-electron chi connectivity index (χ4n) is 8.79. The fraction of sp³-hybridized carbons (Fsp3) is 0.704. The third kappa shape index (κ3) is 2.68. The van der Waals surface area contributed by atoms with E-state index in [1.165, 1.54) is 37.8 Å². The minimum Gasteiger partial charge on any atom is -0.314 e. The van der Waals surface area contributed by atoms with E-state index < -0.39 is 0 Å². The lowest BCUT2D eigenvalue weighted by Crippen LogP contribution is -2.52. The molecule has 3 aliphatic carbocycles. The summed E-state index contributed by atoms with van der Waals surface area (Å²) in [4.78, 5) is 0. The highest BCUT2D eigenvalue weighted by Crippen LogP contribution is 2.63. The van der Waals surface area contributed by atoms with Crippen molar-refractivity contribution in [3.05, 3.63) is 41.0 Å². The lowest BCUT2D eigenvalue weighted by molar-refractivity contribution is 0.0137. The summed E-state index contributed by atoms with van der Waals surface area (Å²) >= 11 is 0. The average Bonchev–Trinajstić information content (AvgIpc) is 3.18. The average molecular weight is 378 g/mol. The second kappa shape index (κ2) is 6.73. The zero-order chi connectivity index (χ0) is 19.6. The molecule has 1 aliphatic heterocycles. The normalized spacial score (nSPS) is 42.5. The van der Waals surface area contributed by atoms with Crippen LogP contribution in [0.5, 0.6) is 0 Å². The maximum Gasteiger partial charge on any atom is 0.0109 e. The van der Waals surface area contributed by atoms with Crippen molar-refractivity contribution in [3.63, 3.8) is 0 Å². The van der Waals surface area contributed by atoms with Gasteiger partial charge in [-0.1, -0.05) is 63.6 Å². The number of hydrogen-bond acceptors (Lipinski definition) is 1. The molecule has 8 atom stereocenters. The number of piperidine rings is 1. The maximum atomic E-state index is 3.93. The van der Waals surface area contributed by atoms with Gasteiger partial charge in [-0.2, -0.15) is 0 Å². The van der Waals surface area contributed by atoms with Gasteiger partial charge in [0.05, 0.1) is 0 Å². The minimum absolute atomic E-state index is 0.313. The van der Waals surface area contributed by atoms with E-state index in [4.69, 9.17) is 0 Å². The van der Waals surface area contributed by atoms with Crippen molar-refractivity contribution in [3.8, 4) is 0 Å². The molecule has 2 saturated carbocycles. The number of nitrogens with one attached hydrogen (secondary N) is 1. The quantitative estimate of drug-likeness (QED) is 0.619. The summed E-state index contributed by atoms with van der Waals surface area (Å²) in [5, 5.41) is 3.93. The molecule has 0 aromatic heterocycles. The smallest absolute Gasteiger partial charge is 0.0109 e. The fourth-order valence-corrected chi connectivity index (χ4v) is 8.79. The Morgan fingerprint density at radius 3 is 2.61 bits per heavy atom. The number of rotatable bonds is 2. The molecule has 1 saturated heterocycles. The van der Waals surface area contributed by atoms with Crippen LogP contribution in [-0.4, -0.2) is 12.6 Å². The largest absolute Gasteiger partial charge is 0.314 e. The van der Waals surface area contributed by atoms with Crippen LogP contribution in [0.3, 0.4) is 0 Å². The molecule has 0 bridgehead atoms. The Balaban J connectivity index is 1.49. The van der Waals surface area contributed by atoms with Gasteiger partial charge in [-0.05, 0) is 91.2 Å². The molecule has 1 aromatic rings. The summed E-state index contributed by atoms with van der Waals surface area (Å²) in [5.74, 6) is 5.92. The Kier molecular flexibility index (Phi) is 4.54. The molecule has 152 valence electrons. The first-order valence-corrected chi connectivity index (χ1v) is 11.9. The van der Waals surface area contributed by atoms with E-state index in [9.17, 15) is 0 Å². The van der Waals surface area contributed by atoms with E-state index in [1.807, 2.05) is 0 Å². The molecule has 1 heteroatoms. The van der Waals surface area contributed by atoms with E-state index in [1.54, 1.807) is 11.1 Å². The third-order valence-electron chi connectivity index (χ3n) is 9.53. The predicted molar refractivity (Wildman–Crippen MR) is 119 cm³/mol. The second-order valence-electron chi connectivity index (χ2n) is 11.3. The molecule has 1 nitrogen and oxygen atoms in total. The van der Waals surface area contributed by atoms with Crippen LogP contribution in [0.2, 0.25) is 0 Å². The Morgan fingerprint density at radius 1 is 1.00 bits per heavy atom. The Bertz CT molecular complexity index is 774. The number of allylic oxidation sites excluding steroid dienone is 1. The first-order valence-electron chi connectivity index (χ1n) is 11.9. The summed E-state index contributed by atoms with van der Waals surface area (Å²) in [6.07, 6.45) is 8.19. The lowest BCUT2D eigenvalue weighted by atomic mass is 9.56. The van der Waals surface area contributed by atoms with Crippen molar-refractivity contribution in [1.82, 2.24) is 5.32 Å². The molecular weight excluding hydrogens is 338 g/mol. The maximum absolute atomic E-state index is 3.93. The molecule has 28 heavy (non-hydrogen) atoms. The lowest BCUT2D eigenvalue weighted by Gasteiger charge is -2.51. The summed E-state index contributed by atoms with van der Waals surface area (Å²) in [7, 11) is 0. The van der Waals surface area contributed by atoms with Crippen LogP contribution >= 0.6 is 0 Å². The van der Waals surface area contributed by atoms with Gasteiger partial charge in [0, 0.05) is 12.0 Å². The highest BCUT2D eigenvalue weighted by molar-refractivity contribution is 5.66. The SMILES string of the molecule is CC1=Cc2ccccc2C1C(C)(C)C1C(C)CC2C(C)C3CCCNC3CC21. The molecule has 0 amide bonds. The molecule has 8 unspecified atom stereocenters. The van der Waals surface area contributed by atoms with Crippen LogP contribution in [0.15, 0.2) is 29.8 Å². The van der Waals surface area contributed by atoms with Crippen molar-refractivity contribution >= 4 is 6.08 Å². The van der Waals surface area contributed by atoms with E-state index >= 15 is 0 Å². The first kappa shape index (κ1) is 18.9. The first-order chi connectivity index (χ1) is 13.4. The minimum atomic E-state index is 0.313. The molecule has 4 aliphatic rings. The zero-order valence-corrected chi connectivity index (χ0v) is 18.5. The van der Waals surface area contributed by atoms with Gasteiger partial charge in [0.2, 0.25) is 0 Å². The van der Waals surface area contributed by atoms with Gasteiger partial charge >= 0.3 is 0 Å². The summed E-state index contributed by atoms with van der Waals surface area (Å²) in [6, 6.07) is 9.93. The van der Waals surface area contributed by atoms with Crippen molar-refractivity contribution in [2.24, 2.45) is 40.9 Å². The van der Waals surface area contributed by atoms with Crippen molar-refractivity contribution < 1.29 is 0 Å². The van der Waals surface area contributed by atoms with Crippen molar-refractivity contribution in [1.29, 1.82) is 0 Å². The molecule has 0 radical (unpaired) electrons. The van der Waals surface area contributed by atoms with Gasteiger partial charge in [-0.3, -0.25) is 0 Å². The Morgan fingerprint density at radius 2 is 1.79 bits per heavy atom. The molecule has 3 fully saturated rings. The van der Waals surface area contributed by atoms with E-state index in [0.717, 1.165) is 41.5 Å². The molecular formula is C27H39N. The van der Waals surface area contributed by atoms with Gasteiger partial charge in [0.25, 0.3) is 0 Å². The monoisotopic (exact) mass is 377 g/mol. The number of hydrogen-bond donors (Lipinski definition) is 1. The van der Waals surface area contributed by atoms with Gasteiger partial charge in [0.1, 0.15) is 0 Å². The molecule has 1 N–H and O–H groups in total. The van der Waals surface area contributed by atoms with Crippen LogP contribution in [-0.2, 0) is 0 Å². The van der Waals surface area contributed by atoms with Crippen molar-refractivity contribution in [2.45, 2.75) is 72.3 Å². The standard InChI is InChI=1S/C27H39N/c1-16-13-19-9-6-7-10-21(19)25(16)27(4,5)26-17(2)14-22-18(3)20-11-8-12-28-24(20)15-23(22)26/h6-7,9-10,13,17-18,20,22-26,28H,8,11-12,14-15H2,1-5H3. The van der Waals surface area contributed by atoms with Gasteiger partial charge in [-0.25, -0.2) is 0 Å². The molecule has 5 rings (SSSR count). The Labute approximate surface area is 172 Å². The van der Waals surface area contributed by atoms with E-state index in [-0.39, 0.29) is 0 Å². The predicted octanol–water partition coefficient (Wildman–Crippen LogP) is 6.51. The van der Waals surface area contributed by atoms with Crippen LogP contribution in [0.1, 0.15) is 77.3 Å². The number of fused-ring (bicyclic) bond motifs is 3. The van der Waals surface area contributed by atoms with Crippen LogP contribution in [0.4, 0.5) is 0 Å². The van der Waals surface area contributed by atoms with Gasteiger partial charge in [0.15, 0.2) is 0 Å². The summed E-state index contributed by atoms with van der Waals surface area (Å²) < 4.78 is 0. The topological polar surface area (TPSA) is 12.0 Å². The summed E-state index contributed by atoms with van der Waals surface area (Å²) in [6.45, 7) is 14.0. The van der Waals surface area contributed by atoms with E-state index in [2.05, 4.69) is 70.3 Å². The number of benzene rings is 1. The highest BCUT2D eigenvalue weighted by Gasteiger charge is 2.56. The highest BCUT2D eigenvalue weighted by atomic mass is 14.9. The zero-order valence-electron chi connectivity index (χ0n) is 18.5. The van der Waals surface area contributed by atoms with Crippen molar-refractivity contribution in [2.75, 3.05) is 6.54 Å². The van der Waals surface area contributed by atoms with Crippen LogP contribution in [0.25, 0.3) is 6.08 Å². The van der Waals surface area contributed by atoms with Crippen LogP contribution < -0.4 is 5.32 Å². The van der Waals surface area contributed by atoms with Crippen LogP contribution in [0, 0.1) is 40.9 Å². The molecule has 1 aromatic carbocycles. The molecule has 0 spiro atoms. The second-order valence-corrected chi connectivity index (χ2v) is 11.3. The third-order valence-corrected chi connectivity index (χ3v) is 9.53. The summed E-state index contributed by atoms with van der Waals surface area (Å²) in [5.41, 5.74) is 4.94. The van der Waals surface area contributed by atoms with Gasteiger partial charge in [-0.15, -0.1) is 0 Å². The van der Waals surface area contributed by atoms with E-state index in [0.29, 0.717) is 11.3 Å².